The van der Waals surface area contributed by atoms with Gasteiger partial charge in [-0.15, -0.1) is 0 Å². The van der Waals surface area contributed by atoms with Crippen molar-refractivity contribution in [3.05, 3.63) is 11.4 Å². The first kappa shape index (κ1) is 16.0. The van der Waals surface area contributed by atoms with E-state index in [4.69, 9.17) is 0 Å². The molecule has 1 heterocycles. The predicted molar refractivity (Wildman–Crippen MR) is 86.8 cm³/mol. The maximum Gasteiger partial charge on any atom is 0.134 e. The number of rotatable bonds is 6. The minimum Gasteiger partial charge on any atom is -0.393 e. The van der Waals surface area contributed by atoms with Crippen molar-refractivity contribution in [2.24, 2.45) is 5.92 Å². The molecule has 0 spiro atoms. The van der Waals surface area contributed by atoms with Crippen LogP contribution in [0.3, 0.4) is 0 Å². The molecule has 0 radical (unpaired) electrons. The quantitative estimate of drug-likeness (QED) is 0.752. The molecule has 21 heavy (non-hydrogen) atoms. The van der Waals surface area contributed by atoms with Crippen molar-refractivity contribution < 1.29 is 5.11 Å². The Balaban J connectivity index is 2.05. The Morgan fingerprint density at radius 1 is 1.24 bits per heavy atom. The standard InChI is InChI=1S/C16H28N4O/c1-4-6-14-19-15(17-3)11(2)16(20-14)18-10-12-7-5-8-13(21)9-12/h12-13,21H,4-10H2,1-3H3,(H2,17,18,19,20). The Bertz CT molecular complexity index is 464. The summed E-state index contributed by atoms with van der Waals surface area (Å²) in [5, 5.41) is 16.4. The Kier molecular flexibility index (Phi) is 5.79. The molecule has 3 N–H and O–H groups in total. The van der Waals surface area contributed by atoms with E-state index in [2.05, 4.69) is 27.5 Å². The summed E-state index contributed by atoms with van der Waals surface area (Å²) in [6.07, 6.45) is 5.98. The Labute approximate surface area is 127 Å². The van der Waals surface area contributed by atoms with Crippen molar-refractivity contribution >= 4 is 11.6 Å². The van der Waals surface area contributed by atoms with Gasteiger partial charge in [0.1, 0.15) is 17.5 Å². The van der Waals surface area contributed by atoms with Crippen LogP contribution in [-0.2, 0) is 6.42 Å². The van der Waals surface area contributed by atoms with Crippen molar-refractivity contribution in [2.75, 3.05) is 24.2 Å². The lowest BCUT2D eigenvalue weighted by atomic mass is 9.87. The van der Waals surface area contributed by atoms with Gasteiger partial charge in [-0.2, -0.15) is 0 Å². The highest BCUT2D eigenvalue weighted by molar-refractivity contribution is 5.57. The maximum absolute atomic E-state index is 9.76. The molecule has 0 amide bonds. The van der Waals surface area contributed by atoms with E-state index in [1.165, 1.54) is 6.42 Å². The second-order valence-corrected chi connectivity index (χ2v) is 6.03. The zero-order valence-corrected chi connectivity index (χ0v) is 13.4. The van der Waals surface area contributed by atoms with Crippen LogP contribution in [0.5, 0.6) is 0 Å². The lowest BCUT2D eigenvalue weighted by molar-refractivity contribution is 0.104. The van der Waals surface area contributed by atoms with E-state index < -0.39 is 0 Å². The average molecular weight is 292 g/mol. The monoisotopic (exact) mass is 292 g/mol. The highest BCUT2D eigenvalue weighted by Crippen LogP contribution is 2.26. The van der Waals surface area contributed by atoms with Gasteiger partial charge in [-0.1, -0.05) is 13.3 Å². The summed E-state index contributed by atoms with van der Waals surface area (Å²) in [5.74, 6) is 3.26. The molecule has 0 saturated heterocycles. The van der Waals surface area contributed by atoms with Crippen molar-refractivity contribution in [1.29, 1.82) is 0 Å². The van der Waals surface area contributed by atoms with Gasteiger partial charge in [0.2, 0.25) is 0 Å². The SMILES string of the molecule is CCCc1nc(NC)c(C)c(NCC2CCCC(O)C2)n1. The summed E-state index contributed by atoms with van der Waals surface area (Å²) in [7, 11) is 1.90. The van der Waals surface area contributed by atoms with Crippen molar-refractivity contribution in [2.45, 2.75) is 58.5 Å². The van der Waals surface area contributed by atoms with E-state index in [0.717, 1.165) is 61.7 Å². The highest BCUT2D eigenvalue weighted by atomic mass is 16.3. The van der Waals surface area contributed by atoms with Gasteiger partial charge in [0.25, 0.3) is 0 Å². The number of nitrogens with zero attached hydrogens (tertiary/aromatic N) is 2. The number of nitrogens with one attached hydrogen (secondary N) is 2. The van der Waals surface area contributed by atoms with Crippen molar-refractivity contribution in [3.63, 3.8) is 0 Å². The molecule has 1 aliphatic rings. The summed E-state index contributed by atoms with van der Waals surface area (Å²) >= 11 is 0. The molecule has 2 atom stereocenters. The fourth-order valence-corrected chi connectivity index (χ4v) is 3.00. The lowest BCUT2D eigenvalue weighted by Crippen LogP contribution is -2.25. The zero-order valence-electron chi connectivity index (χ0n) is 13.4. The number of aliphatic hydroxyl groups excluding tert-OH is 1. The summed E-state index contributed by atoms with van der Waals surface area (Å²) in [5.41, 5.74) is 1.06. The second-order valence-electron chi connectivity index (χ2n) is 6.03. The molecule has 2 rings (SSSR count). The Morgan fingerprint density at radius 3 is 2.67 bits per heavy atom. The van der Waals surface area contributed by atoms with Gasteiger partial charge in [0.15, 0.2) is 0 Å². The van der Waals surface area contributed by atoms with E-state index >= 15 is 0 Å². The molecule has 5 nitrogen and oxygen atoms in total. The third-order valence-electron chi connectivity index (χ3n) is 4.22. The topological polar surface area (TPSA) is 70.1 Å². The van der Waals surface area contributed by atoms with Gasteiger partial charge in [0.05, 0.1) is 6.10 Å². The second kappa shape index (κ2) is 7.59. The van der Waals surface area contributed by atoms with Crippen LogP contribution in [0, 0.1) is 12.8 Å². The first-order chi connectivity index (χ1) is 10.1. The molecule has 118 valence electrons. The molecule has 0 aromatic carbocycles. The van der Waals surface area contributed by atoms with E-state index in [1.54, 1.807) is 0 Å². The number of anilines is 2. The fraction of sp³-hybridized carbons (Fsp3) is 0.750. The minimum atomic E-state index is -0.124. The van der Waals surface area contributed by atoms with E-state index in [0.29, 0.717) is 5.92 Å². The predicted octanol–water partition coefficient (Wildman–Crippen LogP) is 2.74. The van der Waals surface area contributed by atoms with Crippen LogP contribution in [0.4, 0.5) is 11.6 Å². The molecule has 1 aliphatic carbocycles. The van der Waals surface area contributed by atoms with Gasteiger partial charge < -0.3 is 15.7 Å². The largest absolute Gasteiger partial charge is 0.393 e. The molecule has 2 unspecified atom stereocenters. The van der Waals surface area contributed by atoms with Gasteiger partial charge in [0, 0.05) is 25.6 Å². The summed E-state index contributed by atoms with van der Waals surface area (Å²) in [6.45, 7) is 5.06. The van der Waals surface area contributed by atoms with Crippen LogP contribution in [0.2, 0.25) is 0 Å². The summed E-state index contributed by atoms with van der Waals surface area (Å²) < 4.78 is 0. The van der Waals surface area contributed by atoms with E-state index in [-0.39, 0.29) is 6.10 Å². The van der Waals surface area contributed by atoms with E-state index in [9.17, 15) is 5.11 Å². The summed E-state index contributed by atoms with van der Waals surface area (Å²) in [4.78, 5) is 9.20. The Morgan fingerprint density at radius 2 is 2.00 bits per heavy atom. The van der Waals surface area contributed by atoms with Crippen LogP contribution >= 0.6 is 0 Å². The number of hydrogen-bond donors (Lipinski definition) is 3. The maximum atomic E-state index is 9.76. The van der Waals surface area contributed by atoms with Gasteiger partial charge in [-0.25, -0.2) is 9.97 Å². The third-order valence-corrected chi connectivity index (χ3v) is 4.22. The van der Waals surface area contributed by atoms with Crippen LogP contribution in [0.15, 0.2) is 0 Å². The number of aryl methyl sites for hydroxylation is 1. The molecule has 0 bridgehead atoms. The lowest BCUT2D eigenvalue weighted by Gasteiger charge is -2.26. The normalized spacial score (nSPS) is 22.1. The molecular weight excluding hydrogens is 264 g/mol. The van der Waals surface area contributed by atoms with Crippen molar-refractivity contribution in [1.82, 2.24) is 9.97 Å². The highest BCUT2D eigenvalue weighted by Gasteiger charge is 2.20. The fourth-order valence-electron chi connectivity index (χ4n) is 3.00. The van der Waals surface area contributed by atoms with Crippen LogP contribution in [-0.4, -0.2) is 34.8 Å². The third kappa shape index (κ3) is 4.30. The van der Waals surface area contributed by atoms with Crippen molar-refractivity contribution in [3.8, 4) is 0 Å². The molecule has 1 aromatic rings. The minimum absolute atomic E-state index is 0.124. The first-order valence-corrected chi connectivity index (χ1v) is 8.11. The van der Waals surface area contributed by atoms with Crippen LogP contribution in [0.25, 0.3) is 0 Å². The number of hydrogen-bond acceptors (Lipinski definition) is 5. The van der Waals surface area contributed by atoms with Gasteiger partial charge in [-0.05, 0) is 38.5 Å². The van der Waals surface area contributed by atoms with Crippen LogP contribution < -0.4 is 10.6 Å². The van der Waals surface area contributed by atoms with Gasteiger partial charge in [-0.3, -0.25) is 0 Å². The molecular formula is C16H28N4O. The molecule has 0 aliphatic heterocycles. The van der Waals surface area contributed by atoms with Crippen LogP contribution in [0.1, 0.15) is 50.4 Å². The molecule has 1 saturated carbocycles. The first-order valence-electron chi connectivity index (χ1n) is 8.11. The number of aliphatic hydroxyl groups is 1. The molecule has 1 aromatic heterocycles. The molecule has 5 heteroatoms. The van der Waals surface area contributed by atoms with Gasteiger partial charge >= 0.3 is 0 Å². The smallest absolute Gasteiger partial charge is 0.134 e. The average Bonchev–Trinajstić information content (AvgIpc) is 2.48. The van der Waals surface area contributed by atoms with E-state index in [1.807, 2.05) is 14.0 Å². The number of aromatic nitrogens is 2. The summed E-state index contributed by atoms with van der Waals surface area (Å²) in [6, 6.07) is 0. The Hall–Kier alpha value is -1.36. The molecule has 1 fully saturated rings. The zero-order chi connectivity index (χ0) is 15.2.